The molecule has 0 fully saturated rings. The van der Waals surface area contributed by atoms with Crippen LogP contribution in [0.25, 0.3) is 0 Å². The van der Waals surface area contributed by atoms with Crippen LogP contribution in [0.5, 0.6) is 5.75 Å². The first-order chi connectivity index (χ1) is 28.5. The average molecular weight is 903 g/mol. The van der Waals surface area contributed by atoms with Crippen molar-refractivity contribution in [3.63, 3.8) is 0 Å². The van der Waals surface area contributed by atoms with Gasteiger partial charge in [-0.2, -0.15) is 0 Å². The molecule has 3 aliphatic heterocycles. The van der Waals surface area contributed by atoms with Crippen LogP contribution >= 0.6 is 33.1 Å². The molecule has 0 saturated heterocycles. The van der Waals surface area contributed by atoms with E-state index in [0.29, 0.717) is 43.5 Å². The lowest BCUT2D eigenvalue weighted by Gasteiger charge is -2.29. The Labute approximate surface area is 359 Å². The van der Waals surface area contributed by atoms with Gasteiger partial charge in [0.05, 0.1) is 14.2 Å². The summed E-state index contributed by atoms with van der Waals surface area (Å²) in [4.78, 5) is 24.0. The van der Waals surface area contributed by atoms with Gasteiger partial charge in [-0.05, 0) is 59.2 Å². The van der Waals surface area contributed by atoms with Crippen molar-refractivity contribution in [3.8, 4) is 5.75 Å². The number of methoxy groups -OCH3 is 2. The molecule has 0 saturated carbocycles. The molecule has 60 heavy (non-hydrogen) atoms. The summed E-state index contributed by atoms with van der Waals surface area (Å²) >= 11 is 5.98. The highest BCUT2D eigenvalue weighted by atomic mass is 35.7. The minimum atomic E-state index is -3.16. The van der Waals surface area contributed by atoms with E-state index in [4.69, 9.17) is 29.8 Å². The predicted molar refractivity (Wildman–Crippen MR) is 239 cm³/mol. The zero-order chi connectivity index (χ0) is 43.9. The lowest BCUT2D eigenvalue weighted by Crippen LogP contribution is -2.40. The third-order valence-corrected chi connectivity index (χ3v) is 16.6. The zero-order valence-electron chi connectivity index (χ0n) is 35.2. The first-order valence-electron chi connectivity index (χ1n) is 19.7. The standard InChI is InChI=1S/C16H25N2O2P.C14H18NO4P.C13H15ClNO3P/c1-12(2)15-10-11-16(13(3)4)18-21(19,17-15)20-14-8-6-5-7-9-14;1-18-14(16)13(11-12-7-4-3-5-8-12)15-9-6-10-20(15,17)19-2;1-18-13(16)12(10-11-6-3-2-4-7-11)15-8-5-9-19(15,14)17/h5-13,15-16H,1-4H3,(H2,17,18,19);3-8,10,13H,9,11H2,1-2H3;2-7,9,12H,8,10H2,1H3. The van der Waals surface area contributed by atoms with E-state index in [2.05, 4.69) is 50.0 Å². The van der Waals surface area contributed by atoms with Crippen molar-refractivity contribution in [2.75, 3.05) is 34.4 Å². The highest BCUT2D eigenvalue weighted by Crippen LogP contribution is 2.60. The number of carbonyl (C=O) groups excluding carboxylic acids is 2. The van der Waals surface area contributed by atoms with Gasteiger partial charge in [-0.3, -0.25) is 18.7 Å². The molecule has 3 aromatic rings. The number of hydrogen-bond acceptors (Lipinski definition) is 9. The van der Waals surface area contributed by atoms with E-state index < -0.39 is 45.9 Å². The summed E-state index contributed by atoms with van der Waals surface area (Å²) in [5.41, 5.74) is 1.96. The Morgan fingerprint density at radius 1 is 0.667 bits per heavy atom. The van der Waals surface area contributed by atoms with Crippen molar-refractivity contribution < 1.29 is 41.8 Å². The summed E-state index contributed by atoms with van der Waals surface area (Å²) in [6.45, 7) is 6.13. The molecule has 3 aromatic carbocycles. The molecular formula is C43H58ClN4O9P3. The van der Waals surface area contributed by atoms with E-state index in [-0.39, 0.29) is 12.1 Å². The topological polar surface area (TPSA) is 153 Å². The Kier molecular flexibility index (Phi) is 18.8. The maximum absolute atomic E-state index is 13.2. The number of rotatable bonds is 13. The van der Waals surface area contributed by atoms with Crippen molar-refractivity contribution in [2.24, 2.45) is 11.8 Å². The molecule has 17 heteroatoms. The normalized spacial score (nSPS) is 26.0. The van der Waals surface area contributed by atoms with E-state index in [1.807, 2.05) is 91.0 Å². The van der Waals surface area contributed by atoms with Crippen molar-refractivity contribution in [2.45, 2.75) is 64.7 Å². The Morgan fingerprint density at radius 2 is 1.08 bits per heavy atom. The smallest absolute Gasteiger partial charge is 0.391 e. The molecule has 0 aliphatic carbocycles. The minimum Gasteiger partial charge on any atom is -0.468 e. The van der Waals surface area contributed by atoms with Gasteiger partial charge in [0.25, 0.3) is 14.2 Å². The Balaban J connectivity index is 0.000000199. The monoisotopic (exact) mass is 902 g/mol. The highest BCUT2D eigenvalue weighted by molar-refractivity contribution is 7.90. The van der Waals surface area contributed by atoms with Crippen LogP contribution < -0.4 is 14.7 Å². The number of para-hydroxylation sites is 1. The van der Waals surface area contributed by atoms with Crippen LogP contribution in [-0.2, 0) is 50.1 Å². The maximum atomic E-state index is 13.2. The van der Waals surface area contributed by atoms with Crippen molar-refractivity contribution >= 4 is 45.0 Å². The van der Waals surface area contributed by atoms with Gasteiger partial charge in [0.1, 0.15) is 17.8 Å². The maximum Gasteiger partial charge on any atom is 0.391 e. The Morgan fingerprint density at radius 3 is 1.48 bits per heavy atom. The van der Waals surface area contributed by atoms with Crippen molar-refractivity contribution in [1.82, 2.24) is 19.5 Å². The lowest BCUT2D eigenvalue weighted by atomic mass is 10.0. The van der Waals surface area contributed by atoms with Crippen LogP contribution in [0.4, 0.5) is 0 Å². The molecule has 6 atom stereocenters. The number of carbonyl (C=O) groups is 2. The summed E-state index contributed by atoms with van der Waals surface area (Å²) in [6, 6.07) is 27.2. The fourth-order valence-corrected chi connectivity index (χ4v) is 12.6. The van der Waals surface area contributed by atoms with Gasteiger partial charge in [0, 0.05) is 43.9 Å². The number of nitrogens with zero attached hydrogens (tertiary/aromatic N) is 2. The molecule has 3 heterocycles. The molecule has 6 rings (SSSR count). The largest absolute Gasteiger partial charge is 0.468 e. The van der Waals surface area contributed by atoms with E-state index in [1.165, 1.54) is 37.6 Å². The van der Waals surface area contributed by atoms with Crippen LogP contribution in [0, 0.1) is 11.8 Å². The number of hydrogen-bond donors (Lipinski definition) is 2. The Hall–Kier alpha value is -3.60. The Bertz CT molecular complexity index is 2050. The molecule has 0 bridgehead atoms. The average Bonchev–Trinajstić information content (AvgIpc) is 3.75. The van der Waals surface area contributed by atoms with Gasteiger partial charge in [0.2, 0.25) is 0 Å². The van der Waals surface area contributed by atoms with E-state index in [1.54, 1.807) is 16.8 Å². The summed E-state index contributed by atoms with van der Waals surface area (Å²) in [5, 5.41) is 6.32. The molecule has 13 nitrogen and oxygen atoms in total. The third-order valence-electron chi connectivity index (χ3n) is 9.93. The number of esters is 2. The van der Waals surface area contributed by atoms with Gasteiger partial charge in [-0.1, -0.05) is 131 Å². The third kappa shape index (κ3) is 14.0. The van der Waals surface area contributed by atoms with Crippen molar-refractivity contribution in [1.29, 1.82) is 0 Å². The summed E-state index contributed by atoms with van der Waals surface area (Å²) in [7, 11) is -2.18. The SMILES string of the molecule is CC(C)C1C=CC(C(C)C)NP(=O)(Oc2ccccc2)N1.COC(=O)C(Cc1ccccc1)N1CC=CP1(=O)Cl.COC(=O)C(Cc1ccccc1)N1CC=CP1(=O)OC. The molecule has 0 radical (unpaired) electrons. The molecule has 326 valence electrons. The molecule has 0 aromatic heterocycles. The molecule has 0 spiro atoms. The first-order valence-corrected chi connectivity index (χ1v) is 25.6. The second kappa shape index (κ2) is 23.0. The summed E-state index contributed by atoms with van der Waals surface area (Å²) in [5.74, 6) is 3.45. The second-order valence-corrected chi connectivity index (χ2v) is 22.4. The molecule has 2 N–H and O–H groups in total. The quantitative estimate of drug-likeness (QED) is 0.0953. The summed E-state index contributed by atoms with van der Waals surface area (Å²) < 4.78 is 61.6. The van der Waals surface area contributed by atoms with Crippen LogP contribution in [0.15, 0.2) is 127 Å². The first kappa shape index (κ1) is 49.1. The lowest BCUT2D eigenvalue weighted by molar-refractivity contribution is -0.145. The fraction of sp³-hybridized carbons (Fsp3) is 0.395. The van der Waals surface area contributed by atoms with Gasteiger partial charge in [0.15, 0.2) is 0 Å². The van der Waals surface area contributed by atoms with E-state index in [9.17, 15) is 23.3 Å². The van der Waals surface area contributed by atoms with Crippen LogP contribution in [-0.4, -0.2) is 79.9 Å². The number of ether oxygens (including phenoxy) is 2. The van der Waals surface area contributed by atoms with Gasteiger partial charge in [-0.25, -0.2) is 24.1 Å². The highest BCUT2D eigenvalue weighted by Gasteiger charge is 2.41. The fourth-order valence-electron chi connectivity index (χ4n) is 6.52. The van der Waals surface area contributed by atoms with Crippen LogP contribution in [0.3, 0.4) is 0 Å². The molecule has 0 amide bonds. The molecule has 6 unspecified atom stereocenters. The molecule has 3 aliphatic rings. The van der Waals surface area contributed by atoms with Crippen molar-refractivity contribution in [3.05, 3.63) is 138 Å². The predicted octanol–water partition coefficient (Wildman–Crippen LogP) is 9.44. The van der Waals surface area contributed by atoms with Gasteiger partial charge >= 0.3 is 19.6 Å². The van der Waals surface area contributed by atoms with Gasteiger partial charge in [-0.15, -0.1) is 0 Å². The van der Waals surface area contributed by atoms with E-state index >= 15 is 0 Å². The van der Waals surface area contributed by atoms with Gasteiger partial charge < -0.3 is 18.5 Å². The minimum absolute atomic E-state index is 0.0239. The second-order valence-electron chi connectivity index (χ2n) is 14.9. The van der Waals surface area contributed by atoms with Crippen LogP contribution in [0.1, 0.15) is 38.8 Å². The number of halogens is 1. The molecular weight excluding hydrogens is 845 g/mol. The van der Waals surface area contributed by atoms with E-state index in [0.717, 1.165) is 11.1 Å². The summed E-state index contributed by atoms with van der Waals surface area (Å²) in [6.07, 6.45) is 8.51. The number of nitrogens with one attached hydrogen (secondary N) is 2. The zero-order valence-corrected chi connectivity index (χ0v) is 38.6. The van der Waals surface area contributed by atoms with Crippen LogP contribution in [0.2, 0.25) is 0 Å². The number of benzene rings is 3.